The predicted molar refractivity (Wildman–Crippen MR) is 28.2 cm³/mol. The van der Waals surface area contributed by atoms with Gasteiger partial charge in [-0.15, -0.1) is 0 Å². The van der Waals surface area contributed by atoms with E-state index in [2.05, 4.69) is 0 Å². The molecule has 1 aromatic rings. The van der Waals surface area contributed by atoms with Gasteiger partial charge in [-0.1, -0.05) is 0 Å². The molecule has 0 atom stereocenters. The van der Waals surface area contributed by atoms with E-state index in [1.54, 1.807) is 13.8 Å². The maximum absolute atomic E-state index is 10.5. The van der Waals surface area contributed by atoms with Crippen molar-refractivity contribution in [2.45, 2.75) is 13.8 Å². The average Bonchev–Trinajstić information content (AvgIpc) is 1.98. The van der Waals surface area contributed by atoms with Gasteiger partial charge in [0.05, 0.1) is 5.21 Å². The Hall–Kier alpha value is -1.26. The highest BCUT2D eigenvalue weighted by molar-refractivity contribution is 4.91. The van der Waals surface area contributed by atoms with Crippen molar-refractivity contribution in [1.29, 1.82) is 0 Å². The second kappa shape index (κ2) is 1.61. The van der Waals surface area contributed by atoms with Gasteiger partial charge >= 0.3 is 0 Å². The standard InChI is InChI=1S/C4H7N3O2/c1-3-4(2)7(9)5-6(3)8/h5H,1-2H3. The lowest BCUT2D eigenvalue weighted by atomic mass is 10.4. The summed E-state index contributed by atoms with van der Waals surface area (Å²) in [5.74, 6) is 0. The van der Waals surface area contributed by atoms with Crippen LogP contribution in [0.5, 0.6) is 0 Å². The summed E-state index contributed by atoms with van der Waals surface area (Å²) in [6.07, 6.45) is 0. The zero-order valence-corrected chi connectivity index (χ0v) is 5.21. The molecule has 0 saturated heterocycles. The third-order valence-electron chi connectivity index (χ3n) is 1.31. The minimum Gasteiger partial charge on any atom is -0.592 e. The van der Waals surface area contributed by atoms with Crippen molar-refractivity contribution in [3.63, 3.8) is 0 Å². The first-order chi connectivity index (χ1) is 4.13. The number of nitrogens with one attached hydrogen (secondary N) is 1. The van der Waals surface area contributed by atoms with Crippen molar-refractivity contribution < 1.29 is 9.69 Å². The molecule has 9 heavy (non-hydrogen) atoms. The molecule has 0 aromatic carbocycles. The van der Waals surface area contributed by atoms with E-state index in [-0.39, 0.29) is 0 Å². The monoisotopic (exact) mass is 129 g/mol. The molecule has 0 fully saturated rings. The van der Waals surface area contributed by atoms with Crippen molar-refractivity contribution in [2.24, 2.45) is 0 Å². The number of nitrogens with zero attached hydrogens (tertiary/aromatic N) is 2. The van der Waals surface area contributed by atoms with Crippen LogP contribution in [-0.4, -0.2) is 5.21 Å². The van der Waals surface area contributed by atoms with Crippen LogP contribution in [0.25, 0.3) is 0 Å². The van der Waals surface area contributed by atoms with Crippen LogP contribution in [-0.2, 0) is 0 Å². The Morgan fingerprint density at radius 1 is 1.11 bits per heavy atom. The van der Waals surface area contributed by atoms with Crippen LogP contribution in [0, 0.1) is 24.3 Å². The zero-order valence-electron chi connectivity index (χ0n) is 5.21. The molecule has 0 aliphatic rings. The van der Waals surface area contributed by atoms with Gasteiger partial charge in [0.15, 0.2) is 0 Å². The molecule has 1 aromatic heterocycles. The van der Waals surface area contributed by atoms with Gasteiger partial charge in [-0.05, 0) is 9.69 Å². The molecule has 0 unspecified atom stereocenters. The summed E-state index contributed by atoms with van der Waals surface area (Å²) in [6, 6.07) is 0. The van der Waals surface area contributed by atoms with Gasteiger partial charge in [0.1, 0.15) is 0 Å². The van der Waals surface area contributed by atoms with Crippen LogP contribution in [0.15, 0.2) is 0 Å². The topological polar surface area (TPSA) is 69.7 Å². The van der Waals surface area contributed by atoms with E-state index >= 15 is 0 Å². The number of H-pyrrole nitrogens is 1. The number of rotatable bonds is 0. The number of hydrogen-bond acceptors (Lipinski definition) is 2. The summed E-state index contributed by atoms with van der Waals surface area (Å²) in [6.45, 7) is 3.15. The molecule has 1 N–H and O–H groups in total. The highest BCUT2D eigenvalue weighted by Gasteiger charge is 2.15. The molecule has 1 rings (SSSR count). The van der Waals surface area contributed by atoms with Gasteiger partial charge in [-0.25, -0.2) is 0 Å². The Morgan fingerprint density at radius 2 is 1.44 bits per heavy atom. The van der Waals surface area contributed by atoms with Crippen molar-refractivity contribution >= 4 is 0 Å². The summed E-state index contributed by atoms with van der Waals surface area (Å²) in [7, 11) is 0. The van der Waals surface area contributed by atoms with E-state index in [1.165, 1.54) is 0 Å². The van der Waals surface area contributed by atoms with Crippen LogP contribution >= 0.6 is 0 Å². The molecule has 50 valence electrons. The molecule has 0 radical (unpaired) electrons. The van der Waals surface area contributed by atoms with Crippen LogP contribution in [0.4, 0.5) is 0 Å². The second-order valence-electron chi connectivity index (χ2n) is 1.86. The van der Waals surface area contributed by atoms with Crippen LogP contribution < -0.4 is 9.69 Å². The smallest absolute Gasteiger partial charge is 0.291 e. The quantitative estimate of drug-likeness (QED) is 0.356. The molecule has 1 heterocycles. The molecule has 0 amide bonds. The van der Waals surface area contributed by atoms with Gasteiger partial charge in [-0.2, -0.15) is 0 Å². The van der Waals surface area contributed by atoms with Gasteiger partial charge in [0.2, 0.25) is 0 Å². The molecule has 5 nitrogen and oxygen atoms in total. The van der Waals surface area contributed by atoms with Crippen molar-refractivity contribution in [3.8, 4) is 0 Å². The van der Waals surface area contributed by atoms with Crippen LogP contribution in [0.3, 0.4) is 0 Å². The Bertz CT molecular complexity index is 207. The Balaban J connectivity index is 3.29. The number of aromatic nitrogens is 3. The van der Waals surface area contributed by atoms with Crippen molar-refractivity contribution in [3.05, 3.63) is 21.8 Å². The molecular weight excluding hydrogens is 122 g/mol. The highest BCUT2D eigenvalue weighted by Crippen LogP contribution is 1.88. The van der Waals surface area contributed by atoms with Gasteiger partial charge in [0, 0.05) is 13.8 Å². The van der Waals surface area contributed by atoms with Crippen molar-refractivity contribution in [2.75, 3.05) is 0 Å². The van der Waals surface area contributed by atoms with E-state index in [4.69, 9.17) is 0 Å². The summed E-state index contributed by atoms with van der Waals surface area (Å²) < 4.78 is 0. The summed E-state index contributed by atoms with van der Waals surface area (Å²) >= 11 is 0. The van der Waals surface area contributed by atoms with E-state index < -0.39 is 0 Å². The third-order valence-corrected chi connectivity index (χ3v) is 1.31. The lowest BCUT2D eigenvalue weighted by Crippen LogP contribution is -2.40. The minimum atomic E-state index is 0.407. The summed E-state index contributed by atoms with van der Waals surface area (Å²) in [4.78, 5) is 0.866. The zero-order chi connectivity index (χ0) is 7.02. The molecular formula is C4H7N3O2. The molecule has 5 heteroatoms. The first-order valence-electron chi connectivity index (χ1n) is 2.51. The minimum absolute atomic E-state index is 0.407. The van der Waals surface area contributed by atoms with E-state index in [1.807, 2.05) is 5.21 Å². The lowest BCUT2D eigenvalue weighted by Gasteiger charge is -1.82. The van der Waals surface area contributed by atoms with Gasteiger partial charge < -0.3 is 10.4 Å². The fraction of sp³-hybridized carbons (Fsp3) is 0.500. The van der Waals surface area contributed by atoms with Crippen molar-refractivity contribution in [1.82, 2.24) is 5.21 Å². The first kappa shape index (κ1) is 5.87. The lowest BCUT2D eigenvalue weighted by molar-refractivity contribution is -0.817. The molecule has 0 spiro atoms. The first-order valence-corrected chi connectivity index (χ1v) is 2.51. The Morgan fingerprint density at radius 3 is 1.56 bits per heavy atom. The van der Waals surface area contributed by atoms with E-state index in [0.717, 1.165) is 0 Å². The van der Waals surface area contributed by atoms with Gasteiger partial charge in [0.25, 0.3) is 11.4 Å². The second-order valence-corrected chi connectivity index (χ2v) is 1.86. The van der Waals surface area contributed by atoms with E-state index in [9.17, 15) is 10.4 Å². The third kappa shape index (κ3) is 0.697. The highest BCUT2D eigenvalue weighted by atomic mass is 16.5. The largest absolute Gasteiger partial charge is 0.592 e. The molecule has 0 saturated carbocycles. The Kier molecular flexibility index (Phi) is 1.05. The predicted octanol–water partition coefficient (Wildman–Crippen LogP) is -1.10. The molecule has 0 bridgehead atoms. The normalized spacial score (nSPS) is 10.0. The Labute approximate surface area is 51.7 Å². The van der Waals surface area contributed by atoms with Crippen LogP contribution in [0.2, 0.25) is 0 Å². The SMILES string of the molecule is Cc1c(C)[n+]([O-])[nH][n+]1[O-]. The molecule has 0 aliphatic heterocycles. The van der Waals surface area contributed by atoms with Gasteiger partial charge in [-0.3, -0.25) is 0 Å². The summed E-state index contributed by atoms with van der Waals surface area (Å²) in [5, 5.41) is 23.0. The maximum atomic E-state index is 10.5. The average molecular weight is 129 g/mol. The maximum Gasteiger partial charge on any atom is 0.291 e. The fourth-order valence-corrected chi connectivity index (χ4v) is 0.526. The summed E-state index contributed by atoms with van der Waals surface area (Å²) in [5.41, 5.74) is 0.815. The van der Waals surface area contributed by atoms with E-state index in [0.29, 0.717) is 21.1 Å². The number of aromatic amines is 1. The number of hydrogen-bond donors (Lipinski definition) is 1. The fourth-order valence-electron chi connectivity index (χ4n) is 0.526. The van der Waals surface area contributed by atoms with Crippen LogP contribution in [0.1, 0.15) is 11.4 Å². The molecule has 0 aliphatic carbocycles.